The summed E-state index contributed by atoms with van der Waals surface area (Å²) in [6, 6.07) is 2.34. The first-order valence-corrected chi connectivity index (χ1v) is 6.40. The molecule has 0 amide bonds. The van der Waals surface area contributed by atoms with Crippen molar-refractivity contribution in [2.75, 3.05) is 20.6 Å². The molecule has 0 saturated carbocycles. The summed E-state index contributed by atoms with van der Waals surface area (Å²) < 4.78 is 0. The lowest BCUT2D eigenvalue weighted by Gasteiger charge is -2.14. The fourth-order valence-electron chi connectivity index (χ4n) is 1.76. The number of rotatable bonds is 6. The van der Waals surface area contributed by atoms with E-state index < -0.39 is 0 Å². The Morgan fingerprint density at radius 2 is 2.20 bits per heavy atom. The molecule has 0 bridgehead atoms. The van der Waals surface area contributed by atoms with Crippen molar-refractivity contribution >= 4 is 11.3 Å². The van der Waals surface area contributed by atoms with Crippen molar-refractivity contribution in [1.82, 2.24) is 10.2 Å². The van der Waals surface area contributed by atoms with Gasteiger partial charge in [0.2, 0.25) is 0 Å². The zero-order chi connectivity index (χ0) is 11.3. The Morgan fingerprint density at radius 1 is 1.47 bits per heavy atom. The second kappa shape index (κ2) is 6.26. The molecular formula is C12H22N2S. The molecule has 1 aromatic heterocycles. The molecule has 0 atom stereocenters. The summed E-state index contributed by atoms with van der Waals surface area (Å²) in [5, 5.41) is 3.20. The van der Waals surface area contributed by atoms with Gasteiger partial charge in [0.25, 0.3) is 0 Å². The minimum atomic E-state index is 0.989. The summed E-state index contributed by atoms with van der Waals surface area (Å²) >= 11 is 1.91. The minimum Gasteiger partial charge on any atom is -0.315 e. The summed E-state index contributed by atoms with van der Waals surface area (Å²) in [5.41, 5.74) is 1.49. The number of thiophene rings is 1. The number of nitrogens with zero attached hydrogens (tertiary/aromatic N) is 1. The van der Waals surface area contributed by atoms with Gasteiger partial charge in [-0.25, -0.2) is 0 Å². The van der Waals surface area contributed by atoms with Gasteiger partial charge in [-0.05, 0) is 45.6 Å². The van der Waals surface area contributed by atoms with E-state index in [4.69, 9.17) is 0 Å². The fourth-order valence-corrected chi connectivity index (χ4v) is 2.82. The maximum atomic E-state index is 3.20. The first-order valence-electron chi connectivity index (χ1n) is 5.58. The fraction of sp³-hybridized carbons (Fsp3) is 0.667. The van der Waals surface area contributed by atoms with Crippen molar-refractivity contribution in [2.24, 2.45) is 0 Å². The molecule has 1 aromatic rings. The third-order valence-corrected chi connectivity index (χ3v) is 3.56. The maximum absolute atomic E-state index is 3.20. The molecule has 1 N–H and O–H groups in total. The van der Waals surface area contributed by atoms with Crippen LogP contribution in [0.15, 0.2) is 6.07 Å². The SMILES string of the molecule is CCCN(C)Cc1cc(CNC)sc1C. The van der Waals surface area contributed by atoms with Gasteiger partial charge in [-0.2, -0.15) is 0 Å². The Kier molecular flexibility index (Phi) is 5.29. The predicted molar refractivity (Wildman–Crippen MR) is 68.4 cm³/mol. The second-order valence-corrected chi connectivity index (χ2v) is 5.40. The molecule has 0 spiro atoms. The normalized spacial score (nSPS) is 11.3. The van der Waals surface area contributed by atoms with Crippen molar-refractivity contribution in [3.05, 3.63) is 21.4 Å². The van der Waals surface area contributed by atoms with Gasteiger partial charge in [-0.15, -0.1) is 11.3 Å². The van der Waals surface area contributed by atoms with Crippen molar-refractivity contribution < 1.29 is 0 Å². The molecule has 1 heterocycles. The van der Waals surface area contributed by atoms with E-state index in [0.717, 1.165) is 13.1 Å². The average molecular weight is 226 g/mol. The van der Waals surface area contributed by atoms with Crippen LogP contribution in [0.25, 0.3) is 0 Å². The lowest BCUT2D eigenvalue weighted by Crippen LogP contribution is -2.18. The molecule has 0 saturated heterocycles. The summed E-state index contributed by atoms with van der Waals surface area (Å²) in [7, 11) is 4.19. The van der Waals surface area contributed by atoms with Crippen LogP contribution in [0.4, 0.5) is 0 Å². The molecule has 3 heteroatoms. The lowest BCUT2D eigenvalue weighted by molar-refractivity contribution is 0.327. The Balaban J connectivity index is 2.60. The van der Waals surface area contributed by atoms with Gasteiger partial charge < -0.3 is 10.2 Å². The van der Waals surface area contributed by atoms with Gasteiger partial charge in [-0.1, -0.05) is 6.92 Å². The quantitative estimate of drug-likeness (QED) is 0.802. The number of aryl methyl sites for hydroxylation is 1. The molecule has 2 nitrogen and oxygen atoms in total. The van der Waals surface area contributed by atoms with E-state index in [-0.39, 0.29) is 0 Å². The van der Waals surface area contributed by atoms with Crippen molar-refractivity contribution in [3.8, 4) is 0 Å². The molecule has 86 valence electrons. The molecule has 15 heavy (non-hydrogen) atoms. The molecule has 0 radical (unpaired) electrons. The van der Waals surface area contributed by atoms with E-state index in [1.165, 1.54) is 28.3 Å². The molecule has 0 aliphatic carbocycles. The molecular weight excluding hydrogens is 204 g/mol. The Hall–Kier alpha value is -0.380. The van der Waals surface area contributed by atoms with Crippen LogP contribution in [0.5, 0.6) is 0 Å². The van der Waals surface area contributed by atoms with Gasteiger partial charge in [0.15, 0.2) is 0 Å². The topological polar surface area (TPSA) is 15.3 Å². The summed E-state index contributed by atoms with van der Waals surface area (Å²) in [6.45, 7) is 7.70. The number of hydrogen-bond acceptors (Lipinski definition) is 3. The van der Waals surface area contributed by atoms with E-state index in [2.05, 4.69) is 37.2 Å². The van der Waals surface area contributed by atoms with Crippen LogP contribution in [0.3, 0.4) is 0 Å². The average Bonchev–Trinajstić information content (AvgIpc) is 2.48. The highest BCUT2D eigenvalue weighted by Crippen LogP contribution is 2.22. The first kappa shape index (κ1) is 12.7. The van der Waals surface area contributed by atoms with Crippen LogP contribution in [0.1, 0.15) is 28.7 Å². The van der Waals surface area contributed by atoms with Gasteiger partial charge in [0.05, 0.1) is 0 Å². The smallest absolute Gasteiger partial charge is 0.0296 e. The number of nitrogens with one attached hydrogen (secondary N) is 1. The highest BCUT2D eigenvalue weighted by atomic mass is 32.1. The van der Waals surface area contributed by atoms with E-state index in [1.807, 2.05) is 18.4 Å². The maximum Gasteiger partial charge on any atom is 0.0296 e. The van der Waals surface area contributed by atoms with Gasteiger partial charge >= 0.3 is 0 Å². The molecule has 1 rings (SSSR count). The molecule has 0 fully saturated rings. The van der Waals surface area contributed by atoms with Gasteiger partial charge in [0.1, 0.15) is 0 Å². The molecule has 0 unspecified atom stereocenters. The standard InChI is InChI=1S/C12H22N2S/c1-5-6-14(4)9-11-7-12(8-13-3)15-10(11)2/h7,13H,5-6,8-9H2,1-4H3. The van der Waals surface area contributed by atoms with Crippen LogP contribution in [-0.4, -0.2) is 25.5 Å². The lowest BCUT2D eigenvalue weighted by atomic mass is 10.2. The summed E-state index contributed by atoms with van der Waals surface area (Å²) in [5.74, 6) is 0. The Morgan fingerprint density at radius 3 is 2.80 bits per heavy atom. The third kappa shape index (κ3) is 3.93. The van der Waals surface area contributed by atoms with Crippen LogP contribution in [-0.2, 0) is 13.1 Å². The van der Waals surface area contributed by atoms with Crippen molar-refractivity contribution in [3.63, 3.8) is 0 Å². The molecule has 0 aliphatic heterocycles. The summed E-state index contributed by atoms with van der Waals surface area (Å²) in [4.78, 5) is 5.29. The van der Waals surface area contributed by atoms with Crippen molar-refractivity contribution in [1.29, 1.82) is 0 Å². The zero-order valence-electron chi connectivity index (χ0n) is 10.3. The van der Waals surface area contributed by atoms with Crippen LogP contribution >= 0.6 is 11.3 Å². The van der Waals surface area contributed by atoms with Gasteiger partial charge in [-0.3, -0.25) is 0 Å². The van der Waals surface area contributed by atoms with Crippen LogP contribution in [0.2, 0.25) is 0 Å². The van der Waals surface area contributed by atoms with Crippen LogP contribution in [0, 0.1) is 6.92 Å². The van der Waals surface area contributed by atoms with E-state index in [9.17, 15) is 0 Å². The summed E-state index contributed by atoms with van der Waals surface area (Å²) in [6.07, 6.45) is 1.23. The minimum absolute atomic E-state index is 0.989. The first-order chi connectivity index (χ1) is 7.17. The number of hydrogen-bond donors (Lipinski definition) is 1. The predicted octanol–water partition coefficient (Wildman–Crippen LogP) is 2.62. The van der Waals surface area contributed by atoms with Crippen molar-refractivity contribution in [2.45, 2.75) is 33.4 Å². The zero-order valence-corrected chi connectivity index (χ0v) is 11.1. The largest absolute Gasteiger partial charge is 0.315 e. The van der Waals surface area contributed by atoms with E-state index >= 15 is 0 Å². The Bertz CT molecular complexity index is 294. The highest BCUT2D eigenvalue weighted by Gasteiger charge is 2.06. The second-order valence-electron chi connectivity index (χ2n) is 4.06. The van der Waals surface area contributed by atoms with E-state index in [1.54, 1.807) is 0 Å². The monoisotopic (exact) mass is 226 g/mol. The molecule has 0 aliphatic rings. The van der Waals surface area contributed by atoms with E-state index in [0.29, 0.717) is 0 Å². The highest BCUT2D eigenvalue weighted by molar-refractivity contribution is 7.12. The van der Waals surface area contributed by atoms with Gasteiger partial charge in [0, 0.05) is 22.8 Å². The molecule has 0 aromatic carbocycles. The Labute approximate surface area is 97.3 Å². The third-order valence-electron chi connectivity index (χ3n) is 2.47. The van der Waals surface area contributed by atoms with Crippen LogP contribution < -0.4 is 5.32 Å².